The van der Waals surface area contributed by atoms with Gasteiger partial charge in [-0.15, -0.1) is 0 Å². The zero-order chi connectivity index (χ0) is 19.4. The van der Waals surface area contributed by atoms with Crippen LogP contribution in [0, 0.1) is 0 Å². The molecule has 0 aromatic heterocycles. The Morgan fingerprint density at radius 2 is 1.81 bits per heavy atom. The highest BCUT2D eigenvalue weighted by molar-refractivity contribution is 6.30. The molecule has 0 spiro atoms. The van der Waals surface area contributed by atoms with Gasteiger partial charge in [0.2, 0.25) is 5.91 Å². The monoisotopic (exact) mass is 405 g/mol. The summed E-state index contributed by atoms with van der Waals surface area (Å²) < 4.78 is 6.05. The van der Waals surface area contributed by atoms with Crippen molar-refractivity contribution in [3.63, 3.8) is 0 Å². The number of carbonyl (C=O) groups is 1. The highest BCUT2D eigenvalue weighted by atomic mass is 35.5. The van der Waals surface area contributed by atoms with E-state index in [-0.39, 0.29) is 30.7 Å². The molecule has 0 radical (unpaired) electrons. The fourth-order valence-corrected chi connectivity index (χ4v) is 4.21. The third-order valence-corrected chi connectivity index (χ3v) is 5.62. The van der Waals surface area contributed by atoms with Gasteiger partial charge in [0.15, 0.2) is 0 Å². The summed E-state index contributed by atoms with van der Waals surface area (Å²) >= 11 is 12.3. The maximum absolute atomic E-state index is 12.9. The number of amides is 1. The number of halogens is 2. The molecule has 3 atom stereocenters. The van der Waals surface area contributed by atoms with Gasteiger partial charge in [-0.1, -0.05) is 67.7 Å². The van der Waals surface area contributed by atoms with Crippen LogP contribution < -0.4 is 0 Å². The van der Waals surface area contributed by atoms with E-state index < -0.39 is 0 Å². The molecule has 3 nitrogen and oxygen atoms in total. The van der Waals surface area contributed by atoms with Gasteiger partial charge in [0, 0.05) is 16.1 Å². The van der Waals surface area contributed by atoms with Gasteiger partial charge in [0.05, 0.1) is 6.04 Å². The van der Waals surface area contributed by atoms with Crippen LogP contribution in [0.3, 0.4) is 0 Å². The lowest BCUT2D eigenvalue weighted by Crippen LogP contribution is -2.50. The van der Waals surface area contributed by atoms with E-state index in [1.807, 2.05) is 53.4 Å². The molecule has 1 fully saturated rings. The van der Waals surface area contributed by atoms with Crippen LogP contribution in [-0.4, -0.2) is 23.5 Å². The van der Waals surface area contributed by atoms with Crippen LogP contribution in [0.2, 0.25) is 10.0 Å². The standard InChI is InChI=1S/C22H25Cl2NO2/c1-3-6-19(4-2)25-20(26)14-27-22(16-7-5-8-18(24)13-16)21(25)15-9-11-17(23)12-10-15/h5,7-13,19,21-22H,3-4,6,14H2,1-2H3/t19-,21+,22-/m0/s1. The van der Waals surface area contributed by atoms with E-state index in [0.717, 1.165) is 30.4 Å². The molecule has 0 N–H and O–H groups in total. The number of morpholine rings is 1. The summed E-state index contributed by atoms with van der Waals surface area (Å²) in [4.78, 5) is 14.9. The first-order chi connectivity index (χ1) is 13.0. The Hall–Kier alpha value is -1.55. The van der Waals surface area contributed by atoms with Crippen molar-refractivity contribution in [2.24, 2.45) is 0 Å². The molecule has 5 heteroatoms. The molecule has 1 aliphatic heterocycles. The highest BCUT2D eigenvalue weighted by Gasteiger charge is 2.41. The quantitative estimate of drug-likeness (QED) is 0.571. The lowest BCUT2D eigenvalue weighted by Gasteiger charge is -2.45. The van der Waals surface area contributed by atoms with Crippen LogP contribution in [0.5, 0.6) is 0 Å². The SMILES string of the molecule is CCC[C@H](CC)N1C(=O)CO[C@@H](c2cccc(Cl)c2)[C@H]1c1ccc(Cl)cc1. The number of benzene rings is 2. The molecule has 2 aromatic rings. The summed E-state index contributed by atoms with van der Waals surface area (Å²) in [5.74, 6) is 0.0357. The Kier molecular flexibility index (Phi) is 6.80. The summed E-state index contributed by atoms with van der Waals surface area (Å²) in [6.07, 6.45) is 2.63. The molecule has 144 valence electrons. The molecular formula is C22H25Cl2NO2. The van der Waals surface area contributed by atoms with Gasteiger partial charge in [-0.25, -0.2) is 0 Å². The fourth-order valence-electron chi connectivity index (χ4n) is 3.89. The Morgan fingerprint density at radius 1 is 1.07 bits per heavy atom. The predicted octanol–water partition coefficient (Wildman–Crippen LogP) is 6.21. The van der Waals surface area contributed by atoms with E-state index in [1.54, 1.807) is 0 Å². The maximum atomic E-state index is 12.9. The van der Waals surface area contributed by atoms with Gasteiger partial charge in [-0.3, -0.25) is 4.79 Å². The molecule has 3 rings (SSSR count). The number of carbonyl (C=O) groups excluding carboxylic acids is 1. The van der Waals surface area contributed by atoms with Crippen molar-refractivity contribution in [2.75, 3.05) is 6.61 Å². The van der Waals surface area contributed by atoms with Crippen LogP contribution in [-0.2, 0) is 9.53 Å². The van der Waals surface area contributed by atoms with Crippen LogP contribution in [0.4, 0.5) is 0 Å². The molecule has 0 unspecified atom stereocenters. The van der Waals surface area contributed by atoms with E-state index in [0.29, 0.717) is 10.0 Å². The third kappa shape index (κ3) is 4.48. The molecule has 0 saturated carbocycles. The van der Waals surface area contributed by atoms with Gasteiger partial charge in [-0.2, -0.15) is 0 Å². The summed E-state index contributed by atoms with van der Waals surface area (Å²) in [5, 5.41) is 1.34. The van der Waals surface area contributed by atoms with Crippen molar-refractivity contribution in [2.45, 2.75) is 51.3 Å². The normalized spacial score (nSPS) is 21.3. The van der Waals surface area contributed by atoms with Crippen molar-refractivity contribution in [1.82, 2.24) is 4.90 Å². The summed E-state index contributed by atoms with van der Waals surface area (Å²) in [7, 11) is 0. The molecular weight excluding hydrogens is 381 g/mol. The first-order valence-corrected chi connectivity index (χ1v) is 10.2. The van der Waals surface area contributed by atoms with Crippen molar-refractivity contribution < 1.29 is 9.53 Å². The van der Waals surface area contributed by atoms with Gasteiger partial charge in [0.1, 0.15) is 12.7 Å². The summed E-state index contributed by atoms with van der Waals surface area (Å²) in [6, 6.07) is 15.4. The minimum absolute atomic E-state index is 0.0357. The van der Waals surface area contributed by atoms with Crippen molar-refractivity contribution >= 4 is 29.1 Å². The fraction of sp³-hybridized carbons (Fsp3) is 0.409. The first-order valence-electron chi connectivity index (χ1n) is 9.48. The van der Waals surface area contributed by atoms with E-state index in [1.165, 1.54) is 0 Å². The number of hydrogen-bond acceptors (Lipinski definition) is 2. The Labute approximate surface area is 171 Å². The second-order valence-corrected chi connectivity index (χ2v) is 7.81. The lowest BCUT2D eigenvalue weighted by molar-refractivity contribution is -0.163. The van der Waals surface area contributed by atoms with Gasteiger partial charge < -0.3 is 9.64 Å². The molecule has 0 aliphatic carbocycles. The maximum Gasteiger partial charge on any atom is 0.249 e. The number of hydrogen-bond donors (Lipinski definition) is 0. The minimum atomic E-state index is -0.270. The average Bonchev–Trinajstić information content (AvgIpc) is 2.67. The average molecular weight is 406 g/mol. The summed E-state index contributed by atoms with van der Waals surface area (Å²) in [5.41, 5.74) is 2.00. The molecule has 1 aliphatic rings. The molecule has 1 heterocycles. The van der Waals surface area contributed by atoms with Crippen LogP contribution >= 0.6 is 23.2 Å². The Bertz CT molecular complexity index is 778. The highest BCUT2D eigenvalue weighted by Crippen LogP contribution is 2.42. The van der Waals surface area contributed by atoms with Gasteiger partial charge in [0.25, 0.3) is 0 Å². The predicted molar refractivity (Wildman–Crippen MR) is 110 cm³/mol. The van der Waals surface area contributed by atoms with Crippen molar-refractivity contribution in [3.05, 3.63) is 69.7 Å². The second-order valence-electron chi connectivity index (χ2n) is 6.93. The summed E-state index contributed by atoms with van der Waals surface area (Å²) in [6.45, 7) is 4.37. The van der Waals surface area contributed by atoms with E-state index >= 15 is 0 Å². The van der Waals surface area contributed by atoms with Crippen LogP contribution in [0.25, 0.3) is 0 Å². The third-order valence-electron chi connectivity index (χ3n) is 5.14. The minimum Gasteiger partial charge on any atom is -0.361 e. The van der Waals surface area contributed by atoms with E-state index in [2.05, 4.69) is 13.8 Å². The smallest absolute Gasteiger partial charge is 0.249 e. The van der Waals surface area contributed by atoms with Gasteiger partial charge >= 0.3 is 0 Å². The topological polar surface area (TPSA) is 29.5 Å². The second kappa shape index (κ2) is 9.09. The molecule has 1 saturated heterocycles. The Balaban J connectivity index is 2.08. The van der Waals surface area contributed by atoms with Crippen molar-refractivity contribution in [3.8, 4) is 0 Å². The zero-order valence-corrected chi connectivity index (χ0v) is 17.2. The number of rotatable bonds is 6. The molecule has 27 heavy (non-hydrogen) atoms. The van der Waals surface area contributed by atoms with Gasteiger partial charge in [-0.05, 0) is 48.2 Å². The Morgan fingerprint density at radius 3 is 2.44 bits per heavy atom. The largest absolute Gasteiger partial charge is 0.361 e. The lowest BCUT2D eigenvalue weighted by atomic mass is 9.90. The van der Waals surface area contributed by atoms with Crippen LogP contribution in [0.15, 0.2) is 48.5 Å². The zero-order valence-electron chi connectivity index (χ0n) is 15.7. The van der Waals surface area contributed by atoms with E-state index in [4.69, 9.17) is 27.9 Å². The molecule has 2 aromatic carbocycles. The molecule has 1 amide bonds. The van der Waals surface area contributed by atoms with Crippen LogP contribution in [0.1, 0.15) is 56.4 Å². The van der Waals surface area contributed by atoms with Crippen molar-refractivity contribution in [1.29, 1.82) is 0 Å². The number of nitrogens with zero attached hydrogens (tertiary/aromatic N) is 1. The first kappa shape index (κ1) is 20.2. The number of ether oxygens (including phenoxy) is 1. The van der Waals surface area contributed by atoms with E-state index in [9.17, 15) is 4.79 Å². The molecule has 0 bridgehead atoms.